The van der Waals surface area contributed by atoms with E-state index in [-0.39, 0.29) is 36.7 Å². The Morgan fingerprint density at radius 2 is 1.64 bits per heavy atom. The third-order valence-corrected chi connectivity index (χ3v) is 6.21. The van der Waals surface area contributed by atoms with Crippen molar-refractivity contribution in [2.24, 2.45) is 5.41 Å². The first-order valence-electron chi connectivity index (χ1n) is 7.67. The van der Waals surface area contributed by atoms with Gasteiger partial charge in [-0.05, 0) is 25.0 Å². The van der Waals surface area contributed by atoms with Gasteiger partial charge in [0.1, 0.15) is 37.8 Å². The number of hydrogen-bond acceptors (Lipinski definition) is 7. The normalized spacial score (nSPS) is 16.8. The van der Waals surface area contributed by atoms with Gasteiger partial charge in [0.05, 0.1) is 29.6 Å². The van der Waals surface area contributed by atoms with Crippen LogP contribution in [0.15, 0.2) is 18.2 Å². The Kier molecular flexibility index (Phi) is 5.48. The highest BCUT2D eigenvalue weighted by Crippen LogP contribution is 2.41. The van der Waals surface area contributed by atoms with Gasteiger partial charge in [0.2, 0.25) is 0 Å². The van der Waals surface area contributed by atoms with Gasteiger partial charge < -0.3 is 9.47 Å². The van der Waals surface area contributed by atoms with Crippen LogP contribution in [0.25, 0.3) is 0 Å². The number of Topliss-reactive ketones (excluding diaryl/α,β-unsaturated/α-hetero) is 1. The van der Waals surface area contributed by atoms with Gasteiger partial charge in [-0.1, -0.05) is 0 Å². The highest BCUT2D eigenvalue weighted by atomic mass is 32.2. The second-order valence-electron chi connectivity index (χ2n) is 6.52. The molecule has 0 aliphatic carbocycles. The van der Waals surface area contributed by atoms with Gasteiger partial charge in [0.15, 0.2) is 5.78 Å². The minimum Gasteiger partial charge on any atom is -0.497 e. The maximum atomic E-state index is 13.1. The standard InChI is InChI=1S/C16H22O7S2/c1-22-12-4-5-13-14(10-12)23-11-16(15(13)17,6-8-24(2,18)19)7-9-25(3,20)21/h4-5,10H,6-9,11H2,1-3H3. The van der Waals surface area contributed by atoms with Crippen LogP contribution in [0.2, 0.25) is 0 Å². The molecule has 0 radical (unpaired) electrons. The summed E-state index contributed by atoms with van der Waals surface area (Å²) in [7, 11) is -5.11. The van der Waals surface area contributed by atoms with Crippen molar-refractivity contribution in [2.75, 3.05) is 37.7 Å². The van der Waals surface area contributed by atoms with Crippen molar-refractivity contribution < 1.29 is 31.1 Å². The third kappa shape index (κ3) is 4.94. The van der Waals surface area contributed by atoms with Gasteiger partial charge in [0, 0.05) is 18.6 Å². The molecule has 140 valence electrons. The highest BCUT2D eigenvalue weighted by Gasteiger charge is 2.44. The maximum Gasteiger partial charge on any atom is 0.176 e. The van der Waals surface area contributed by atoms with E-state index in [1.165, 1.54) is 7.11 Å². The fraction of sp³-hybridized carbons (Fsp3) is 0.562. The molecule has 0 amide bonds. The average Bonchev–Trinajstić information content (AvgIpc) is 2.51. The molecule has 0 spiro atoms. The predicted octanol–water partition coefficient (Wildman–Crippen LogP) is 1.13. The summed E-state index contributed by atoms with van der Waals surface area (Å²) in [5, 5.41) is 0. The molecule has 0 unspecified atom stereocenters. The number of carbonyl (C=O) groups is 1. The van der Waals surface area contributed by atoms with Crippen LogP contribution in [0.4, 0.5) is 0 Å². The Hall–Kier alpha value is -1.61. The van der Waals surface area contributed by atoms with Gasteiger partial charge in [0.25, 0.3) is 0 Å². The van der Waals surface area contributed by atoms with Gasteiger partial charge in [-0.15, -0.1) is 0 Å². The topological polar surface area (TPSA) is 104 Å². The molecular weight excluding hydrogens is 368 g/mol. The number of carbonyl (C=O) groups excluding carboxylic acids is 1. The number of methoxy groups -OCH3 is 1. The quantitative estimate of drug-likeness (QED) is 0.687. The first-order valence-corrected chi connectivity index (χ1v) is 11.8. The van der Waals surface area contributed by atoms with E-state index in [1.807, 2.05) is 0 Å². The molecule has 0 bridgehead atoms. The Balaban J connectivity index is 2.39. The van der Waals surface area contributed by atoms with Crippen molar-refractivity contribution in [3.63, 3.8) is 0 Å². The molecule has 0 aromatic heterocycles. The molecule has 0 saturated heterocycles. The summed E-state index contributed by atoms with van der Waals surface area (Å²) in [6, 6.07) is 4.76. The molecular formula is C16H22O7S2. The van der Waals surface area contributed by atoms with Gasteiger partial charge in [-0.25, -0.2) is 16.8 Å². The van der Waals surface area contributed by atoms with Crippen LogP contribution >= 0.6 is 0 Å². The van der Waals surface area contributed by atoms with E-state index in [9.17, 15) is 21.6 Å². The molecule has 9 heteroatoms. The van der Waals surface area contributed by atoms with Gasteiger partial charge in [-0.3, -0.25) is 4.79 Å². The molecule has 1 aliphatic rings. The van der Waals surface area contributed by atoms with Crippen LogP contribution in [0.3, 0.4) is 0 Å². The molecule has 0 fully saturated rings. The van der Waals surface area contributed by atoms with E-state index in [4.69, 9.17) is 9.47 Å². The molecule has 1 heterocycles. The predicted molar refractivity (Wildman–Crippen MR) is 93.9 cm³/mol. The lowest BCUT2D eigenvalue weighted by Gasteiger charge is -2.36. The molecule has 0 saturated carbocycles. The van der Waals surface area contributed by atoms with E-state index in [0.717, 1.165) is 12.5 Å². The van der Waals surface area contributed by atoms with Crippen molar-refractivity contribution in [1.29, 1.82) is 0 Å². The second kappa shape index (κ2) is 6.95. The van der Waals surface area contributed by atoms with E-state index in [2.05, 4.69) is 0 Å². The molecule has 2 rings (SSSR count). The zero-order valence-electron chi connectivity index (χ0n) is 14.4. The first-order chi connectivity index (χ1) is 11.5. The zero-order chi connectivity index (χ0) is 18.9. The van der Waals surface area contributed by atoms with Crippen LogP contribution in [0.1, 0.15) is 23.2 Å². The maximum absolute atomic E-state index is 13.1. The number of fused-ring (bicyclic) bond motifs is 1. The fourth-order valence-electron chi connectivity index (χ4n) is 2.76. The Bertz CT molecular complexity index is 834. The number of ketones is 1. The summed E-state index contributed by atoms with van der Waals surface area (Å²) in [5.41, 5.74) is -0.859. The lowest BCUT2D eigenvalue weighted by Crippen LogP contribution is -2.43. The average molecular weight is 390 g/mol. The molecule has 0 atom stereocenters. The Morgan fingerprint density at radius 3 is 2.12 bits per heavy atom. The monoisotopic (exact) mass is 390 g/mol. The lowest BCUT2D eigenvalue weighted by atomic mass is 9.75. The zero-order valence-corrected chi connectivity index (χ0v) is 16.1. The van der Waals surface area contributed by atoms with Crippen molar-refractivity contribution >= 4 is 25.5 Å². The third-order valence-electron chi connectivity index (χ3n) is 4.32. The second-order valence-corrected chi connectivity index (χ2v) is 11.0. The van der Waals surface area contributed by atoms with E-state index in [0.29, 0.717) is 17.1 Å². The molecule has 1 aromatic carbocycles. The van der Waals surface area contributed by atoms with Gasteiger partial charge >= 0.3 is 0 Å². The molecule has 25 heavy (non-hydrogen) atoms. The number of hydrogen-bond donors (Lipinski definition) is 0. The van der Waals surface area contributed by atoms with Crippen LogP contribution in [-0.4, -0.2) is 60.4 Å². The van der Waals surface area contributed by atoms with E-state index in [1.54, 1.807) is 18.2 Å². The van der Waals surface area contributed by atoms with Crippen molar-refractivity contribution in [2.45, 2.75) is 12.8 Å². The van der Waals surface area contributed by atoms with Crippen LogP contribution in [0.5, 0.6) is 11.5 Å². The SMILES string of the molecule is COc1ccc2c(c1)OCC(CCS(C)(=O)=O)(CCS(C)(=O)=O)C2=O. The van der Waals surface area contributed by atoms with Crippen molar-refractivity contribution in [3.8, 4) is 11.5 Å². The molecule has 1 aliphatic heterocycles. The summed E-state index contributed by atoms with van der Waals surface area (Å²) in [4.78, 5) is 13.1. The van der Waals surface area contributed by atoms with Crippen molar-refractivity contribution in [3.05, 3.63) is 23.8 Å². The van der Waals surface area contributed by atoms with Crippen LogP contribution in [0, 0.1) is 5.41 Å². The fourth-order valence-corrected chi connectivity index (χ4v) is 4.28. The summed E-state index contributed by atoms with van der Waals surface area (Å²) < 4.78 is 57.1. The Labute approximate surface area is 148 Å². The van der Waals surface area contributed by atoms with Crippen molar-refractivity contribution in [1.82, 2.24) is 0 Å². The number of rotatable bonds is 7. The number of benzene rings is 1. The summed E-state index contributed by atoms with van der Waals surface area (Å²) >= 11 is 0. The molecule has 7 nitrogen and oxygen atoms in total. The smallest absolute Gasteiger partial charge is 0.176 e. The number of ether oxygens (including phenoxy) is 2. The minimum absolute atomic E-state index is 0.0195. The van der Waals surface area contributed by atoms with E-state index >= 15 is 0 Å². The summed E-state index contributed by atoms with van der Waals surface area (Å²) in [6.07, 6.45) is 2.21. The van der Waals surface area contributed by atoms with Crippen LogP contribution in [-0.2, 0) is 19.7 Å². The van der Waals surface area contributed by atoms with Gasteiger partial charge in [-0.2, -0.15) is 0 Å². The summed E-state index contributed by atoms with van der Waals surface area (Å²) in [6.45, 7) is -0.0585. The Morgan fingerprint density at radius 1 is 1.08 bits per heavy atom. The highest BCUT2D eigenvalue weighted by molar-refractivity contribution is 7.90. The lowest BCUT2D eigenvalue weighted by molar-refractivity contribution is 0.0585. The number of sulfone groups is 2. The minimum atomic E-state index is -3.30. The molecule has 0 N–H and O–H groups in total. The molecule has 1 aromatic rings. The summed E-state index contributed by atoms with van der Waals surface area (Å²) in [5.74, 6) is 0.183. The van der Waals surface area contributed by atoms with E-state index < -0.39 is 25.1 Å². The van der Waals surface area contributed by atoms with Crippen LogP contribution < -0.4 is 9.47 Å². The largest absolute Gasteiger partial charge is 0.497 e. The first kappa shape index (κ1) is 19.7.